The van der Waals surface area contributed by atoms with Crippen LogP contribution in [0.2, 0.25) is 0 Å². The highest BCUT2D eigenvalue weighted by Gasteiger charge is 2.26. The summed E-state index contributed by atoms with van der Waals surface area (Å²) in [4.78, 5) is 33.5. The van der Waals surface area contributed by atoms with E-state index in [-0.39, 0.29) is 12.0 Å². The number of benzene rings is 1. The Morgan fingerprint density at radius 2 is 1.88 bits per heavy atom. The van der Waals surface area contributed by atoms with Gasteiger partial charge in [0.1, 0.15) is 11.8 Å². The minimum absolute atomic E-state index is 0.170. The largest absolute Gasteiger partial charge is 0.446 e. The van der Waals surface area contributed by atoms with Crippen molar-refractivity contribution >= 4 is 23.6 Å². The average Bonchev–Trinajstić information content (AvgIpc) is 2.62. The number of nitrogens with zero attached hydrogens (tertiary/aromatic N) is 3. The number of piperidine rings is 1. The summed E-state index contributed by atoms with van der Waals surface area (Å²) in [5, 5.41) is 3.07. The Hall–Kier alpha value is -3.16. The summed E-state index contributed by atoms with van der Waals surface area (Å²) in [7, 11) is 0. The van der Waals surface area contributed by atoms with E-state index < -0.39 is 6.09 Å². The van der Waals surface area contributed by atoms with E-state index in [2.05, 4.69) is 15.3 Å². The maximum Gasteiger partial charge on any atom is 0.404 e. The number of ether oxygens (including phenoxy) is 1. The molecule has 1 aliphatic heterocycles. The molecule has 3 rings (SSSR count). The predicted octanol–water partition coefficient (Wildman–Crippen LogP) is 1.92. The van der Waals surface area contributed by atoms with Gasteiger partial charge in [-0.3, -0.25) is 4.79 Å². The van der Waals surface area contributed by atoms with Crippen molar-refractivity contribution in [2.75, 3.05) is 18.4 Å². The van der Waals surface area contributed by atoms with Crippen LogP contribution in [0.25, 0.3) is 0 Å². The van der Waals surface area contributed by atoms with E-state index in [1.54, 1.807) is 17.2 Å². The van der Waals surface area contributed by atoms with Crippen molar-refractivity contribution in [3.63, 3.8) is 0 Å². The first-order valence-corrected chi connectivity index (χ1v) is 8.02. The summed E-state index contributed by atoms with van der Waals surface area (Å²) in [6, 6.07) is 11.1. The number of carbonyl (C=O) groups is 2. The fourth-order valence-electron chi connectivity index (χ4n) is 2.69. The smallest absolute Gasteiger partial charge is 0.404 e. The first-order chi connectivity index (χ1) is 12.1. The van der Waals surface area contributed by atoms with E-state index >= 15 is 0 Å². The molecule has 0 saturated carbocycles. The molecule has 2 amide bonds. The standard InChI is InChI=1S/C17H19N5O3/c18-16(24)25-13-7-10-22(11-8-13)15(23)14-6-9-19-17(21-14)20-12-4-2-1-3-5-12/h1-6,9,13H,7-8,10-11H2,(H2,18,24)(H,19,20,21). The topological polar surface area (TPSA) is 110 Å². The van der Waals surface area contributed by atoms with Gasteiger partial charge in [-0.25, -0.2) is 14.8 Å². The number of amides is 2. The second-order valence-corrected chi connectivity index (χ2v) is 5.68. The van der Waals surface area contributed by atoms with E-state index in [1.807, 2.05) is 30.3 Å². The van der Waals surface area contributed by atoms with Crippen LogP contribution in [0, 0.1) is 0 Å². The minimum atomic E-state index is -0.780. The Bertz CT molecular complexity index is 745. The number of primary amides is 1. The number of likely N-dealkylation sites (tertiary alicyclic amines) is 1. The summed E-state index contributed by atoms with van der Waals surface area (Å²) < 4.78 is 4.98. The Kier molecular flexibility index (Phi) is 5.08. The molecule has 1 aromatic heterocycles. The quantitative estimate of drug-likeness (QED) is 0.879. The Balaban J connectivity index is 1.63. The lowest BCUT2D eigenvalue weighted by atomic mass is 10.1. The lowest BCUT2D eigenvalue weighted by Crippen LogP contribution is -2.42. The first kappa shape index (κ1) is 16.7. The van der Waals surface area contributed by atoms with Gasteiger partial charge in [-0.05, 0) is 18.2 Å². The monoisotopic (exact) mass is 341 g/mol. The number of nitrogens with one attached hydrogen (secondary N) is 1. The number of rotatable bonds is 4. The third-order valence-corrected chi connectivity index (χ3v) is 3.92. The molecule has 1 saturated heterocycles. The van der Waals surface area contributed by atoms with E-state index in [0.29, 0.717) is 37.6 Å². The highest BCUT2D eigenvalue weighted by atomic mass is 16.6. The van der Waals surface area contributed by atoms with E-state index in [1.165, 1.54) is 0 Å². The molecule has 0 atom stereocenters. The molecule has 0 bridgehead atoms. The lowest BCUT2D eigenvalue weighted by molar-refractivity contribution is 0.0451. The second kappa shape index (κ2) is 7.61. The molecule has 0 spiro atoms. The van der Waals surface area contributed by atoms with Crippen molar-refractivity contribution in [1.82, 2.24) is 14.9 Å². The van der Waals surface area contributed by atoms with Crippen LogP contribution in [0.5, 0.6) is 0 Å². The molecule has 0 radical (unpaired) electrons. The average molecular weight is 341 g/mol. The van der Waals surface area contributed by atoms with Crippen LogP contribution in [0.3, 0.4) is 0 Å². The van der Waals surface area contributed by atoms with Gasteiger partial charge in [0.25, 0.3) is 5.91 Å². The van der Waals surface area contributed by atoms with Crippen LogP contribution in [0.4, 0.5) is 16.4 Å². The maximum atomic E-state index is 12.6. The molecule has 8 heteroatoms. The summed E-state index contributed by atoms with van der Waals surface area (Å²) in [6.07, 6.45) is 1.66. The van der Waals surface area contributed by atoms with Crippen LogP contribution < -0.4 is 11.1 Å². The van der Waals surface area contributed by atoms with Crippen molar-refractivity contribution in [2.24, 2.45) is 5.73 Å². The van der Waals surface area contributed by atoms with E-state index in [4.69, 9.17) is 10.5 Å². The van der Waals surface area contributed by atoms with E-state index in [9.17, 15) is 9.59 Å². The van der Waals surface area contributed by atoms with Crippen molar-refractivity contribution in [1.29, 1.82) is 0 Å². The summed E-state index contributed by atoms with van der Waals surface area (Å²) in [5.41, 5.74) is 6.19. The Morgan fingerprint density at radius 3 is 2.56 bits per heavy atom. The minimum Gasteiger partial charge on any atom is -0.446 e. The molecule has 0 aliphatic carbocycles. The zero-order valence-electron chi connectivity index (χ0n) is 13.6. The Labute approximate surface area is 145 Å². The molecule has 1 fully saturated rings. The number of nitrogens with two attached hydrogens (primary N) is 1. The number of aromatic nitrogens is 2. The van der Waals surface area contributed by atoms with E-state index in [0.717, 1.165) is 5.69 Å². The third kappa shape index (κ3) is 4.43. The molecule has 25 heavy (non-hydrogen) atoms. The van der Waals surface area contributed by atoms with Gasteiger partial charge in [0, 0.05) is 37.8 Å². The number of para-hydroxylation sites is 1. The molecule has 130 valence electrons. The van der Waals surface area contributed by atoms with Gasteiger partial charge in [0.15, 0.2) is 0 Å². The van der Waals surface area contributed by atoms with Crippen LogP contribution in [-0.2, 0) is 4.74 Å². The zero-order valence-corrected chi connectivity index (χ0v) is 13.6. The fourth-order valence-corrected chi connectivity index (χ4v) is 2.69. The normalized spacial score (nSPS) is 14.8. The Morgan fingerprint density at radius 1 is 1.16 bits per heavy atom. The second-order valence-electron chi connectivity index (χ2n) is 5.68. The molecular formula is C17H19N5O3. The molecule has 0 unspecified atom stereocenters. The molecular weight excluding hydrogens is 322 g/mol. The summed E-state index contributed by atoms with van der Waals surface area (Å²) >= 11 is 0. The van der Waals surface area contributed by atoms with Gasteiger partial charge in [-0.2, -0.15) is 0 Å². The van der Waals surface area contributed by atoms with Gasteiger partial charge in [-0.1, -0.05) is 18.2 Å². The van der Waals surface area contributed by atoms with Gasteiger partial charge >= 0.3 is 6.09 Å². The SMILES string of the molecule is NC(=O)OC1CCN(C(=O)c2ccnc(Nc3ccccc3)n2)CC1. The number of hydrogen-bond donors (Lipinski definition) is 2. The molecule has 2 heterocycles. The fraction of sp³-hybridized carbons (Fsp3) is 0.294. The van der Waals surface area contributed by atoms with Gasteiger partial charge in [0.05, 0.1) is 0 Å². The van der Waals surface area contributed by atoms with Crippen molar-refractivity contribution < 1.29 is 14.3 Å². The summed E-state index contributed by atoms with van der Waals surface area (Å²) in [6.45, 7) is 0.977. The number of anilines is 2. The number of carbonyl (C=O) groups excluding carboxylic acids is 2. The highest BCUT2D eigenvalue weighted by molar-refractivity contribution is 5.92. The van der Waals surface area contributed by atoms with Crippen molar-refractivity contribution in [2.45, 2.75) is 18.9 Å². The molecule has 3 N–H and O–H groups in total. The molecule has 8 nitrogen and oxygen atoms in total. The van der Waals surface area contributed by atoms with Crippen LogP contribution in [0.15, 0.2) is 42.6 Å². The van der Waals surface area contributed by atoms with Crippen LogP contribution in [0.1, 0.15) is 23.3 Å². The number of hydrogen-bond acceptors (Lipinski definition) is 6. The van der Waals surface area contributed by atoms with Crippen molar-refractivity contribution in [3.8, 4) is 0 Å². The first-order valence-electron chi connectivity index (χ1n) is 8.02. The highest BCUT2D eigenvalue weighted by Crippen LogP contribution is 2.17. The van der Waals surface area contributed by atoms with Crippen molar-refractivity contribution in [3.05, 3.63) is 48.3 Å². The molecule has 1 aromatic carbocycles. The van der Waals surface area contributed by atoms with Crippen LogP contribution >= 0.6 is 0 Å². The van der Waals surface area contributed by atoms with Gasteiger partial charge in [-0.15, -0.1) is 0 Å². The predicted molar refractivity (Wildman–Crippen MR) is 91.4 cm³/mol. The van der Waals surface area contributed by atoms with Gasteiger partial charge in [0.2, 0.25) is 5.95 Å². The zero-order chi connectivity index (χ0) is 17.6. The molecule has 1 aliphatic rings. The lowest BCUT2D eigenvalue weighted by Gasteiger charge is -2.31. The van der Waals surface area contributed by atoms with Gasteiger partial charge < -0.3 is 20.7 Å². The summed E-state index contributed by atoms with van der Waals surface area (Å²) in [5.74, 6) is 0.194. The third-order valence-electron chi connectivity index (χ3n) is 3.92. The molecule has 2 aromatic rings. The van der Waals surface area contributed by atoms with Crippen LogP contribution in [-0.4, -0.2) is 46.1 Å². The maximum absolute atomic E-state index is 12.6.